The van der Waals surface area contributed by atoms with E-state index in [1.807, 2.05) is 34.5 Å². The SMILES string of the molecule is CC(C)(O/N=C(\C(=O)N[C@@H]1C(=O)N2C(C(=O)O)=C(Sc3nc(C[n+]4ccn5ncccc54)cs3)CS[C@H]12)c1csc(N)n1)C(=O)O. The molecule has 0 aromatic carbocycles. The molecule has 2 aliphatic rings. The average Bonchev–Trinajstić information content (AvgIpc) is 3.76. The van der Waals surface area contributed by atoms with E-state index >= 15 is 0 Å². The van der Waals surface area contributed by atoms with Crippen molar-refractivity contribution in [1.82, 2.24) is 29.8 Å². The molecular formula is C26H24N9O7S4+. The maximum absolute atomic E-state index is 13.3. The van der Waals surface area contributed by atoms with Crippen LogP contribution in [0.2, 0.25) is 0 Å². The molecule has 16 nitrogen and oxygen atoms in total. The van der Waals surface area contributed by atoms with Crippen molar-refractivity contribution in [2.75, 3.05) is 11.5 Å². The lowest BCUT2D eigenvalue weighted by Crippen LogP contribution is -2.71. The van der Waals surface area contributed by atoms with Crippen molar-refractivity contribution in [3.8, 4) is 0 Å². The first kappa shape index (κ1) is 31.5. The van der Waals surface area contributed by atoms with Crippen LogP contribution in [-0.4, -0.2) is 86.9 Å². The number of hydrogen-bond donors (Lipinski definition) is 4. The number of nitrogens with one attached hydrogen (secondary N) is 1. The topological polar surface area (TPSA) is 219 Å². The Bertz CT molecular complexity index is 1950. The number of carbonyl (C=O) groups is 4. The van der Waals surface area contributed by atoms with E-state index < -0.39 is 40.8 Å². The quantitative estimate of drug-likeness (QED) is 0.0749. The molecule has 1 fully saturated rings. The smallest absolute Gasteiger partial charge is 0.353 e. The van der Waals surface area contributed by atoms with Crippen LogP contribution in [-0.2, 0) is 30.6 Å². The van der Waals surface area contributed by atoms with Crippen LogP contribution in [0.5, 0.6) is 0 Å². The highest BCUT2D eigenvalue weighted by Crippen LogP contribution is 2.45. The third-order valence-corrected chi connectivity index (χ3v) is 11.0. The van der Waals surface area contributed by atoms with Crippen LogP contribution in [0, 0.1) is 0 Å². The number of β-lactam (4-membered cyclic amide) rings is 1. The Morgan fingerprint density at radius 3 is 2.78 bits per heavy atom. The zero-order valence-corrected chi connectivity index (χ0v) is 27.2. The fourth-order valence-corrected chi connectivity index (χ4v) is 8.45. The summed E-state index contributed by atoms with van der Waals surface area (Å²) in [5.74, 6) is -3.84. The lowest BCUT2D eigenvalue weighted by atomic mass is 10.0. The molecule has 6 rings (SSSR count). The van der Waals surface area contributed by atoms with Crippen molar-refractivity contribution in [3.63, 3.8) is 0 Å². The van der Waals surface area contributed by atoms with Gasteiger partial charge in [-0.2, -0.15) is 0 Å². The van der Waals surface area contributed by atoms with E-state index in [-0.39, 0.29) is 28.0 Å². The van der Waals surface area contributed by atoms with Gasteiger partial charge in [0.2, 0.25) is 5.60 Å². The predicted octanol–water partition coefficient (Wildman–Crippen LogP) is 1.24. The molecule has 2 atom stereocenters. The first-order chi connectivity index (χ1) is 21.9. The number of aliphatic carboxylic acids is 2. The summed E-state index contributed by atoms with van der Waals surface area (Å²) in [6, 6.07) is 2.70. The van der Waals surface area contributed by atoms with Crippen LogP contribution in [0.25, 0.3) is 5.65 Å². The Morgan fingerprint density at radius 1 is 1.26 bits per heavy atom. The molecule has 4 aromatic heterocycles. The lowest BCUT2D eigenvalue weighted by Gasteiger charge is -2.49. The van der Waals surface area contributed by atoms with E-state index in [1.165, 1.54) is 54.1 Å². The fraction of sp³-hybridized carbons (Fsp3) is 0.269. The number of imidazole rings is 1. The number of carbonyl (C=O) groups excluding carboxylic acids is 2. The second-order valence-electron chi connectivity index (χ2n) is 10.3. The van der Waals surface area contributed by atoms with E-state index in [9.17, 15) is 29.4 Å². The van der Waals surface area contributed by atoms with Crippen LogP contribution in [0.4, 0.5) is 5.13 Å². The summed E-state index contributed by atoms with van der Waals surface area (Å²) in [5.41, 5.74) is 5.07. The first-order valence-electron chi connectivity index (χ1n) is 13.3. The fourth-order valence-electron chi connectivity index (χ4n) is 4.44. The zero-order chi connectivity index (χ0) is 32.7. The molecule has 0 radical (unpaired) electrons. The number of carboxylic acid groups (broad SMARTS) is 2. The van der Waals surface area contributed by atoms with E-state index in [2.05, 4.69) is 25.5 Å². The Kier molecular flexibility index (Phi) is 8.44. The van der Waals surface area contributed by atoms with Crippen molar-refractivity contribution < 1.29 is 38.8 Å². The number of fused-ring (bicyclic) bond motifs is 2. The molecule has 0 spiro atoms. The van der Waals surface area contributed by atoms with Crippen molar-refractivity contribution in [1.29, 1.82) is 0 Å². The number of aromatic nitrogens is 5. The largest absolute Gasteiger partial charge is 0.478 e. The van der Waals surface area contributed by atoms with E-state index in [0.717, 1.165) is 27.6 Å². The van der Waals surface area contributed by atoms with Crippen LogP contribution in [0.3, 0.4) is 0 Å². The van der Waals surface area contributed by atoms with Gasteiger partial charge in [0.1, 0.15) is 35.5 Å². The highest BCUT2D eigenvalue weighted by Gasteiger charge is 2.54. The van der Waals surface area contributed by atoms with Gasteiger partial charge in [-0.1, -0.05) is 22.0 Å². The number of thiazole rings is 2. The zero-order valence-electron chi connectivity index (χ0n) is 23.9. The van der Waals surface area contributed by atoms with Gasteiger partial charge in [-0.3, -0.25) is 14.5 Å². The number of nitrogens with zero attached hydrogens (tertiary/aromatic N) is 7. The van der Waals surface area contributed by atoms with Crippen LogP contribution < -0.4 is 15.6 Å². The molecule has 0 bridgehead atoms. The third-order valence-electron chi connectivity index (χ3n) is 6.80. The van der Waals surface area contributed by atoms with Gasteiger partial charge in [0, 0.05) is 27.5 Å². The molecule has 1 saturated heterocycles. The van der Waals surface area contributed by atoms with E-state index in [4.69, 9.17) is 10.6 Å². The summed E-state index contributed by atoms with van der Waals surface area (Å²) in [5, 5.41) is 32.8. The second-order valence-corrected chi connectivity index (χ2v) is 14.5. The summed E-state index contributed by atoms with van der Waals surface area (Å²) >= 11 is 4.87. The van der Waals surface area contributed by atoms with Crippen LogP contribution in [0.15, 0.2) is 61.6 Å². The third kappa shape index (κ3) is 6.02. The summed E-state index contributed by atoms with van der Waals surface area (Å²) in [4.78, 5) is 65.9. The average molecular weight is 703 g/mol. The number of nitrogen functional groups attached to an aromatic ring is 1. The van der Waals surface area contributed by atoms with Gasteiger partial charge in [0.05, 0.1) is 11.9 Å². The maximum Gasteiger partial charge on any atom is 0.353 e. The number of anilines is 1. The van der Waals surface area contributed by atoms with Crippen LogP contribution in [0.1, 0.15) is 25.2 Å². The molecule has 5 N–H and O–H groups in total. The number of oxime groups is 1. The Balaban J connectivity index is 1.17. The normalized spacial score (nSPS) is 18.3. The predicted molar refractivity (Wildman–Crippen MR) is 168 cm³/mol. The van der Waals surface area contributed by atoms with Gasteiger partial charge in [-0.15, -0.1) is 39.0 Å². The van der Waals surface area contributed by atoms with Gasteiger partial charge >= 0.3 is 17.6 Å². The highest BCUT2D eigenvalue weighted by atomic mass is 32.2. The minimum Gasteiger partial charge on any atom is -0.478 e. The summed E-state index contributed by atoms with van der Waals surface area (Å²) < 4.78 is 4.36. The number of amides is 2. The Morgan fingerprint density at radius 2 is 2.07 bits per heavy atom. The minimum atomic E-state index is -1.77. The summed E-state index contributed by atoms with van der Waals surface area (Å²) in [7, 11) is 0. The van der Waals surface area contributed by atoms with Gasteiger partial charge in [-0.05, 0) is 19.9 Å². The molecule has 0 saturated carbocycles. The van der Waals surface area contributed by atoms with Gasteiger partial charge in [0.15, 0.2) is 21.4 Å². The molecule has 20 heteroatoms. The van der Waals surface area contributed by atoms with Crippen molar-refractivity contribution in [3.05, 3.63) is 63.5 Å². The summed E-state index contributed by atoms with van der Waals surface area (Å²) in [6.07, 6.45) is 5.43. The number of hydrogen-bond acceptors (Lipinski definition) is 14. The number of rotatable bonds is 11. The molecule has 46 heavy (non-hydrogen) atoms. The molecule has 4 aromatic rings. The minimum absolute atomic E-state index is 0.0223. The van der Waals surface area contributed by atoms with Crippen LogP contribution >= 0.6 is 46.2 Å². The van der Waals surface area contributed by atoms with Gasteiger partial charge < -0.3 is 26.1 Å². The van der Waals surface area contributed by atoms with E-state index in [1.54, 1.807) is 10.7 Å². The van der Waals surface area contributed by atoms with Gasteiger partial charge in [-0.25, -0.2) is 24.1 Å². The lowest BCUT2D eigenvalue weighted by molar-refractivity contribution is -0.662. The molecule has 0 unspecified atom stereocenters. The standard InChI is InChI=1S/C26H23N9O7S4/c1-26(2,23(40)41)42-32-16(13-10-44-24(27)30-13)19(36)31-17-20(37)35-18(22(38)39)14(11-43-21(17)35)46-25-29-12(9-45-25)8-33-6-7-34-15(33)4-3-5-28-34/h3-7,9-10,17,21H,8,11H2,1-2H3,(H4-,27,30,31,36,38,39,40,41)/p+1/b32-16-/t17-,21-/m1/s1. The van der Waals surface area contributed by atoms with E-state index in [0.29, 0.717) is 15.8 Å². The Labute approximate surface area is 276 Å². The molecule has 238 valence electrons. The summed E-state index contributed by atoms with van der Waals surface area (Å²) in [6.45, 7) is 2.99. The van der Waals surface area contributed by atoms with Crippen molar-refractivity contribution in [2.24, 2.45) is 5.16 Å². The van der Waals surface area contributed by atoms with Crippen molar-refractivity contribution in [2.45, 2.75) is 41.7 Å². The second kappa shape index (κ2) is 12.3. The monoisotopic (exact) mass is 702 g/mol. The Hall–Kier alpha value is -4.53. The molecule has 6 heterocycles. The molecule has 2 aliphatic heterocycles. The first-order valence-corrected chi connectivity index (χ1v) is 16.9. The maximum atomic E-state index is 13.3. The number of thioether (sulfide) groups is 2. The highest BCUT2D eigenvalue weighted by molar-refractivity contribution is 8.07. The van der Waals surface area contributed by atoms with Crippen molar-refractivity contribution >= 4 is 86.4 Å². The molecular weight excluding hydrogens is 679 g/mol. The molecule has 2 amide bonds. The number of nitrogens with two attached hydrogens (primary N) is 1. The molecule has 0 aliphatic carbocycles. The number of carboxylic acids is 2. The van der Waals surface area contributed by atoms with Gasteiger partial charge in [0.25, 0.3) is 11.8 Å².